The summed E-state index contributed by atoms with van der Waals surface area (Å²) in [6.07, 6.45) is 2.42. The van der Waals surface area contributed by atoms with Gasteiger partial charge < -0.3 is 5.32 Å². The first-order valence-electron chi connectivity index (χ1n) is 5.69. The molecule has 2 N–H and O–H groups in total. The van der Waals surface area contributed by atoms with Gasteiger partial charge in [-0.15, -0.1) is 0 Å². The van der Waals surface area contributed by atoms with E-state index in [1.807, 2.05) is 0 Å². The molecule has 0 bridgehead atoms. The number of rotatable bonds is 9. The van der Waals surface area contributed by atoms with Gasteiger partial charge in [-0.2, -0.15) is 0 Å². The Balaban J connectivity index is 3.40. The van der Waals surface area contributed by atoms with Crippen molar-refractivity contribution in [2.24, 2.45) is 5.92 Å². The van der Waals surface area contributed by atoms with Crippen LogP contribution in [0.15, 0.2) is 0 Å². The number of hydrogen-bond donors (Lipinski definition) is 2. The van der Waals surface area contributed by atoms with Gasteiger partial charge in [-0.05, 0) is 25.8 Å². The van der Waals surface area contributed by atoms with Gasteiger partial charge in [-0.1, -0.05) is 20.3 Å². The first kappa shape index (κ1) is 14.9. The molecule has 0 aromatic rings. The van der Waals surface area contributed by atoms with Crippen molar-refractivity contribution in [3.05, 3.63) is 0 Å². The molecule has 5 heteroatoms. The highest BCUT2D eigenvalue weighted by atomic mass is 32.2. The summed E-state index contributed by atoms with van der Waals surface area (Å²) >= 11 is 0. The summed E-state index contributed by atoms with van der Waals surface area (Å²) in [6, 6.07) is 0. The molecule has 92 valence electrons. The molecule has 1 atom stereocenters. The predicted octanol–water partition coefficient (Wildman–Crippen LogP) is 0.952. The molecule has 4 nitrogen and oxygen atoms in total. The van der Waals surface area contributed by atoms with Crippen LogP contribution in [0.2, 0.25) is 0 Å². The largest absolute Gasteiger partial charge is 0.315 e. The van der Waals surface area contributed by atoms with Gasteiger partial charge in [0.15, 0.2) is 0 Å². The van der Waals surface area contributed by atoms with Crippen molar-refractivity contribution >= 4 is 10.0 Å². The molecule has 1 unspecified atom stereocenters. The Hall–Kier alpha value is -0.130. The van der Waals surface area contributed by atoms with Crippen LogP contribution < -0.4 is 10.0 Å². The summed E-state index contributed by atoms with van der Waals surface area (Å²) < 4.78 is 24.6. The molecule has 0 aliphatic heterocycles. The lowest BCUT2D eigenvalue weighted by Crippen LogP contribution is -2.34. The fraction of sp³-hybridized carbons (Fsp3) is 1.00. The lowest BCUT2D eigenvalue weighted by atomic mass is 10.1. The smallest absolute Gasteiger partial charge is 0.211 e. The van der Waals surface area contributed by atoms with E-state index in [1.165, 1.54) is 12.8 Å². The molecular formula is C10H24N2O2S. The predicted molar refractivity (Wildman–Crippen MR) is 64.4 cm³/mol. The average molecular weight is 236 g/mol. The maximum Gasteiger partial charge on any atom is 0.211 e. The zero-order chi connectivity index (χ0) is 11.7. The van der Waals surface area contributed by atoms with E-state index in [1.54, 1.807) is 6.92 Å². The minimum Gasteiger partial charge on any atom is -0.315 e. The van der Waals surface area contributed by atoms with E-state index >= 15 is 0 Å². The Bertz CT molecular complexity index is 240. The third-order valence-corrected chi connectivity index (χ3v) is 3.68. The van der Waals surface area contributed by atoms with Crippen LogP contribution in [0.25, 0.3) is 0 Å². The third-order valence-electron chi connectivity index (χ3n) is 2.28. The van der Waals surface area contributed by atoms with Crippen LogP contribution >= 0.6 is 0 Å². The molecule has 15 heavy (non-hydrogen) atoms. The first-order chi connectivity index (χ1) is 7.02. The molecule has 0 aliphatic carbocycles. The van der Waals surface area contributed by atoms with E-state index in [2.05, 4.69) is 23.9 Å². The Morgan fingerprint density at radius 2 is 1.87 bits per heavy atom. The third kappa shape index (κ3) is 8.84. The summed E-state index contributed by atoms with van der Waals surface area (Å²) in [5, 5.41) is 3.24. The summed E-state index contributed by atoms with van der Waals surface area (Å²) in [4.78, 5) is 0. The molecule has 0 radical (unpaired) electrons. The molecule has 0 spiro atoms. The lowest BCUT2D eigenvalue weighted by molar-refractivity contribution is 0.476. The normalized spacial score (nSPS) is 14.1. The van der Waals surface area contributed by atoms with Gasteiger partial charge >= 0.3 is 0 Å². The topological polar surface area (TPSA) is 58.2 Å². The monoisotopic (exact) mass is 236 g/mol. The molecule has 0 fully saturated rings. The zero-order valence-corrected chi connectivity index (χ0v) is 10.9. The van der Waals surface area contributed by atoms with E-state index in [-0.39, 0.29) is 5.75 Å². The van der Waals surface area contributed by atoms with Crippen molar-refractivity contribution in [2.75, 3.05) is 25.4 Å². The van der Waals surface area contributed by atoms with E-state index in [0.717, 1.165) is 6.54 Å². The number of nitrogens with one attached hydrogen (secondary N) is 2. The summed E-state index contributed by atoms with van der Waals surface area (Å²) in [7, 11) is -3.02. The second-order valence-corrected chi connectivity index (χ2v) is 5.99. The van der Waals surface area contributed by atoms with Gasteiger partial charge in [0.25, 0.3) is 0 Å². The molecule has 0 heterocycles. The van der Waals surface area contributed by atoms with Gasteiger partial charge in [-0.25, -0.2) is 13.1 Å². The Labute approximate surface area is 93.9 Å². The van der Waals surface area contributed by atoms with Crippen molar-refractivity contribution in [3.63, 3.8) is 0 Å². The maximum atomic E-state index is 11.1. The standard InChI is InChI=1S/C10H24N2O2S/c1-4-6-10(3)9-11-7-8-12-15(13,14)5-2/h10-12H,4-9H2,1-3H3. The van der Waals surface area contributed by atoms with Crippen molar-refractivity contribution in [3.8, 4) is 0 Å². The first-order valence-corrected chi connectivity index (χ1v) is 7.35. The molecule has 0 aliphatic rings. The highest BCUT2D eigenvalue weighted by Gasteiger charge is 2.04. The highest BCUT2D eigenvalue weighted by molar-refractivity contribution is 7.89. The number of hydrogen-bond acceptors (Lipinski definition) is 3. The molecule has 0 saturated carbocycles. The highest BCUT2D eigenvalue weighted by Crippen LogP contribution is 2.01. The van der Waals surface area contributed by atoms with Gasteiger partial charge in [0.1, 0.15) is 0 Å². The summed E-state index contributed by atoms with van der Waals surface area (Å²) in [5.74, 6) is 0.817. The molecule has 0 saturated heterocycles. The second kappa shape index (κ2) is 8.07. The average Bonchev–Trinajstić information content (AvgIpc) is 2.17. The van der Waals surface area contributed by atoms with Gasteiger partial charge in [0, 0.05) is 13.1 Å². The van der Waals surface area contributed by atoms with Gasteiger partial charge in [0.2, 0.25) is 10.0 Å². The minimum atomic E-state index is -3.02. The van der Waals surface area contributed by atoms with Crippen molar-refractivity contribution in [2.45, 2.75) is 33.6 Å². The van der Waals surface area contributed by atoms with Crippen molar-refractivity contribution < 1.29 is 8.42 Å². The summed E-state index contributed by atoms with van der Waals surface area (Å²) in [5.41, 5.74) is 0. The van der Waals surface area contributed by atoms with Crippen molar-refractivity contribution in [1.82, 2.24) is 10.0 Å². The Kier molecular flexibility index (Phi) is 8.00. The van der Waals surface area contributed by atoms with E-state index in [0.29, 0.717) is 19.0 Å². The number of sulfonamides is 1. The molecule has 0 rings (SSSR count). The molecular weight excluding hydrogens is 212 g/mol. The fourth-order valence-corrected chi connectivity index (χ4v) is 1.96. The van der Waals surface area contributed by atoms with Crippen molar-refractivity contribution in [1.29, 1.82) is 0 Å². The van der Waals surface area contributed by atoms with Crippen LogP contribution in [0.4, 0.5) is 0 Å². The van der Waals surface area contributed by atoms with E-state index < -0.39 is 10.0 Å². The lowest BCUT2D eigenvalue weighted by Gasteiger charge is -2.11. The summed E-state index contributed by atoms with van der Waals surface area (Å²) in [6.45, 7) is 8.15. The van der Waals surface area contributed by atoms with Crippen LogP contribution in [-0.2, 0) is 10.0 Å². The Morgan fingerprint density at radius 3 is 2.40 bits per heavy atom. The quantitative estimate of drug-likeness (QED) is 0.586. The maximum absolute atomic E-state index is 11.1. The van der Waals surface area contributed by atoms with Crippen LogP contribution in [0.3, 0.4) is 0 Å². The second-order valence-electron chi connectivity index (χ2n) is 3.90. The molecule has 0 aromatic heterocycles. The zero-order valence-electron chi connectivity index (χ0n) is 10.0. The molecule has 0 amide bonds. The van der Waals surface area contributed by atoms with Crippen LogP contribution in [0.1, 0.15) is 33.6 Å². The van der Waals surface area contributed by atoms with Crippen LogP contribution in [-0.4, -0.2) is 33.8 Å². The molecule has 0 aromatic carbocycles. The van der Waals surface area contributed by atoms with Crippen LogP contribution in [0, 0.1) is 5.92 Å². The van der Waals surface area contributed by atoms with Crippen LogP contribution in [0.5, 0.6) is 0 Å². The minimum absolute atomic E-state index is 0.152. The van der Waals surface area contributed by atoms with Gasteiger partial charge in [-0.3, -0.25) is 0 Å². The van der Waals surface area contributed by atoms with Gasteiger partial charge in [0.05, 0.1) is 5.75 Å². The van der Waals surface area contributed by atoms with E-state index in [4.69, 9.17) is 0 Å². The van der Waals surface area contributed by atoms with E-state index in [9.17, 15) is 8.42 Å². The Morgan fingerprint density at radius 1 is 1.20 bits per heavy atom. The fourth-order valence-electron chi connectivity index (χ4n) is 1.34. The SMILES string of the molecule is CCCC(C)CNCCNS(=O)(=O)CC.